The quantitative estimate of drug-likeness (QED) is 0.579. The number of hydrogen-bond donors (Lipinski definition) is 0. The van der Waals surface area contributed by atoms with Gasteiger partial charge in [0, 0.05) is 0 Å². The van der Waals surface area contributed by atoms with E-state index in [4.69, 9.17) is 0 Å². The third-order valence-corrected chi connectivity index (χ3v) is 2.07. The normalized spacial score (nSPS) is 15.4. The first-order valence-electron chi connectivity index (χ1n) is 5.36. The maximum atomic E-state index is 12.0. The molecule has 0 bridgehead atoms. The van der Waals surface area contributed by atoms with Crippen molar-refractivity contribution < 1.29 is 45.4 Å². The Hall–Kier alpha value is -1.48. The van der Waals surface area contributed by atoms with Crippen LogP contribution in [0.3, 0.4) is 0 Å². The molecule has 0 saturated carbocycles. The van der Waals surface area contributed by atoms with Gasteiger partial charge >= 0.3 is 24.3 Å². The number of halogens is 6. The Balaban J connectivity index is 4.11. The van der Waals surface area contributed by atoms with Gasteiger partial charge in [0.05, 0.1) is 12.8 Å². The molecule has 0 aromatic carbocycles. The molecule has 2 unspecified atom stereocenters. The zero-order valence-electron chi connectivity index (χ0n) is 10.5. The second kappa shape index (κ2) is 6.80. The molecule has 0 amide bonds. The Morgan fingerprint density at radius 3 is 1.25 bits per heavy atom. The van der Waals surface area contributed by atoms with E-state index in [0.717, 1.165) is 0 Å². The van der Waals surface area contributed by atoms with Gasteiger partial charge in [-0.05, 0) is 13.8 Å². The van der Waals surface area contributed by atoms with E-state index in [1.54, 1.807) is 0 Å². The van der Waals surface area contributed by atoms with Crippen molar-refractivity contribution in [3.8, 4) is 0 Å². The third-order valence-electron chi connectivity index (χ3n) is 2.07. The number of esters is 2. The molecule has 0 aromatic rings. The zero-order valence-corrected chi connectivity index (χ0v) is 10.5. The number of carbonyl (C=O) groups excluding carboxylic acids is 2. The third kappa shape index (κ3) is 7.19. The van der Waals surface area contributed by atoms with Crippen molar-refractivity contribution in [1.82, 2.24) is 0 Å². The average Bonchev–Trinajstić information content (AvgIpc) is 2.23. The standard InChI is InChI=1S/C10H12F6O4/c1-5(9(11,12)13)19-7(17)3-4-8(18)20-6(2)10(14,15)16/h5-6H,3-4H2,1-2H3. The first-order valence-corrected chi connectivity index (χ1v) is 5.36. The summed E-state index contributed by atoms with van der Waals surface area (Å²) in [5, 5.41) is 0. The molecule has 118 valence electrons. The van der Waals surface area contributed by atoms with Crippen LogP contribution in [0.2, 0.25) is 0 Å². The maximum absolute atomic E-state index is 12.0. The molecule has 0 aliphatic rings. The van der Waals surface area contributed by atoms with Crippen molar-refractivity contribution in [3.05, 3.63) is 0 Å². The van der Waals surface area contributed by atoms with Gasteiger partial charge in [-0.25, -0.2) is 0 Å². The molecule has 0 aromatic heterocycles. The van der Waals surface area contributed by atoms with Crippen molar-refractivity contribution in [3.63, 3.8) is 0 Å². The second-order valence-corrected chi connectivity index (χ2v) is 3.85. The molecular formula is C10H12F6O4. The van der Waals surface area contributed by atoms with E-state index in [1.165, 1.54) is 0 Å². The topological polar surface area (TPSA) is 52.6 Å². The molecule has 2 atom stereocenters. The van der Waals surface area contributed by atoms with E-state index in [0.29, 0.717) is 13.8 Å². The molecule has 0 aliphatic carbocycles. The molecule has 4 nitrogen and oxygen atoms in total. The van der Waals surface area contributed by atoms with E-state index < -0.39 is 49.3 Å². The first-order chi connectivity index (χ1) is 8.84. The molecule has 10 heteroatoms. The van der Waals surface area contributed by atoms with Gasteiger partial charge in [0.1, 0.15) is 0 Å². The summed E-state index contributed by atoms with van der Waals surface area (Å²) in [6.07, 6.45) is -15.8. The Kier molecular flexibility index (Phi) is 6.30. The summed E-state index contributed by atoms with van der Waals surface area (Å²) in [5.74, 6) is -2.71. The van der Waals surface area contributed by atoms with Crippen molar-refractivity contribution in [1.29, 1.82) is 0 Å². The SMILES string of the molecule is CC(OC(=O)CCC(=O)OC(C)C(F)(F)F)C(F)(F)F. The lowest BCUT2D eigenvalue weighted by molar-refractivity contribution is -0.219. The number of ether oxygens (including phenoxy) is 2. The number of rotatable bonds is 5. The van der Waals surface area contributed by atoms with E-state index in [2.05, 4.69) is 9.47 Å². The van der Waals surface area contributed by atoms with Crippen LogP contribution in [0.4, 0.5) is 26.3 Å². The van der Waals surface area contributed by atoms with Crippen LogP contribution < -0.4 is 0 Å². The number of carbonyl (C=O) groups is 2. The van der Waals surface area contributed by atoms with Gasteiger partial charge < -0.3 is 9.47 Å². The molecule has 0 aliphatic heterocycles. The van der Waals surface area contributed by atoms with Gasteiger partial charge in [0.15, 0.2) is 12.2 Å². The van der Waals surface area contributed by atoms with E-state index in [-0.39, 0.29) is 0 Å². The van der Waals surface area contributed by atoms with Crippen LogP contribution in [-0.2, 0) is 19.1 Å². The largest absolute Gasteiger partial charge is 0.453 e. The smallest absolute Gasteiger partial charge is 0.425 e. The fraction of sp³-hybridized carbons (Fsp3) is 0.800. The highest BCUT2D eigenvalue weighted by molar-refractivity contribution is 5.77. The summed E-state index contributed by atoms with van der Waals surface area (Å²) in [5.41, 5.74) is 0. The van der Waals surface area contributed by atoms with E-state index >= 15 is 0 Å². The number of hydrogen-bond acceptors (Lipinski definition) is 4. The van der Waals surface area contributed by atoms with Crippen molar-refractivity contribution in [2.75, 3.05) is 0 Å². The molecule has 20 heavy (non-hydrogen) atoms. The Morgan fingerprint density at radius 2 is 1.05 bits per heavy atom. The lowest BCUT2D eigenvalue weighted by atomic mass is 10.3. The average molecular weight is 310 g/mol. The molecule has 0 N–H and O–H groups in total. The van der Waals surface area contributed by atoms with Gasteiger partial charge in [-0.15, -0.1) is 0 Å². The highest BCUT2D eigenvalue weighted by atomic mass is 19.4. The number of alkyl halides is 6. The highest BCUT2D eigenvalue weighted by Gasteiger charge is 2.40. The lowest BCUT2D eigenvalue weighted by Gasteiger charge is -2.17. The van der Waals surface area contributed by atoms with Gasteiger partial charge in [-0.1, -0.05) is 0 Å². The monoisotopic (exact) mass is 310 g/mol. The van der Waals surface area contributed by atoms with Crippen LogP contribution >= 0.6 is 0 Å². The molecule has 0 rings (SSSR count). The van der Waals surface area contributed by atoms with Crippen molar-refractivity contribution in [2.45, 2.75) is 51.2 Å². The predicted molar refractivity (Wildman–Crippen MR) is 52.5 cm³/mol. The fourth-order valence-electron chi connectivity index (χ4n) is 0.850. The Bertz CT molecular complexity index is 315. The fourth-order valence-corrected chi connectivity index (χ4v) is 0.850. The van der Waals surface area contributed by atoms with Crippen LogP contribution in [-0.4, -0.2) is 36.5 Å². The summed E-state index contributed by atoms with van der Waals surface area (Å²) in [7, 11) is 0. The van der Waals surface area contributed by atoms with Crippen LogP contribution in [0.15, 0.2) is 0 Å². The van der Waals surface area contributed by atoms with E-state index in [9.17, 15) is 35.9 Å². The lowest BCUT2D eigenvalue weighted by Crippen LogP contribution is -2.32. The van der Waals surface area contributed by atoms with Crippen LogP contribution in [0.1, 0.15) is 26.7 Å². The molecule has 0 heterocycles. The first kappa shape index (κ1) is 18.5. The Morgan fingerprint density at radius 1 is 0.800 bits per heavy atom. The van der Waals surface area contributed by atoms with Crippen molar-refractivity contribution in [2.24, 2.45) is 0 Å². The molecule has 0 saturated heterocycles. The summed E-state index contributed by atoms with van der Waals surface area (Å²) >= 11 is 0. The minimum atomic E-state index is -4.75. The van der Waals surface area contributed by atoms with Gasteiger partial charge in [-0.3, -0.25) is 9.59 Å². The minimum Gasteiger partial charge on any atom is -0.453 e. The molecule has 0 spiro atoms. The summed E-state index contributed by atoms with van der Waals surface area (Å²) in [6, 6.07) is 0. The van der Waals surface area contributed by atoms with Crippen LogP contribution in [0.5, 0.6) is 0 Å². The van der Waals surface area contributed by atoms with Gasteiger partial charge in [0.25, 0.3) is 0 Å². The Labute approximate surface area is 110 Å². The van der Waals surface area contributed by atoms with Crippen LogP contribution in [0.25, 0.3) is 0 Å². The van der Waals surface area contributed by atoms with Crippen LogP contribution in [0, 0.1) is 0 Å². The van der Waals surface area contributed by atoms with Crippen molar-refractivity contribution >= 4 is 11.9 Å². The van der Waals surface area contributed by atoms with Gasteiger partial charge in [0.2, 0.25) is 0 Å². The maximum Gasteiger partial charge on any atom is 0.425 e. The minimum absolute atomic E-state index is 0.585. The summed E-state index contributed by atoms with van der Waals surface area (Å²) in [6.45, 7) is 1.17. The molecule has 0 radical (unpaired) electrons. The highest BCUT2D eigenvalue weighted by Crippen LogP contribution is 2.24. The van der Waals surface area contributed by atoms with E-state index in [1.807, 2.05) is 0 Å². The molecular weight excluding hydrogens is 298 g/mol. The summed E-state index contributed by atoms with van der Waals surface area (Å²) < 4.78 is 80.0. The second-order valence-electron chi connectivity index (χ2n) is 3.85. The molecule has 0 fully saturated rings. The predicted octanol–water partition coefficient (Wildman–Crippen LogP) is 2.75. The zero-order chi connectivity index (χ0) is 16.1. The summed E-state index contributed by atoms with van der Waals surface area (Å²) in [4.78, 5) is 21.9. The van der Waals surface area contributed by atoms with Gasteiger partial charge in [-0.2, -0.15) is 26.3 Å².